The molecule has 110 valence electrons. The fourth-order valence-electron chi connectivity index (χ4n) is 1.53. The third-order valence-corrected chi connectivity index (χ3v) is 2.41. The zero-order valence-electron chi connectivity index (χ0n) is 11.0. The molecule has 20 heavy (non-hydrogen) atoms. The summed E-state index contributed by atoms with van der Waals surface area (Å²) in [5.41, 5.74) is -0.304. The number of hydrogen-bond donors (Lipinski definition) is 0. The molecule has 3 nitrogen and oxygen atoms in total. The molecule has 1 rings (SSSR count). The van der Waals surface area contributed by atoms with E-state index >= 15 is 0 Å². The molecule has 0 amide bonds. The quantitative estimate of drug-likeness (QED) is 0.594. The molecule has 6 heteroatoms. The van der Waals surface area contributed by atoms with Crippen molar-refractivity contribution in [3.63, 3.8) is 0 Å². The number of hydrogen-bond acceptors (Lipinski definition) is 3. The van der Waals surface area contributed by atoms with E-state index in [1.165, 1.54) is 6.07 Å². The molecule has 0 N–H and O–H groups in total. The molecule has 0 spiro atoms. The Bertz CT molecular complexity index is 481. The van der Waals surface area contributed by atoms with Crippen molar-refractivity contribution < 1.29 is 27.4 Å². The average Bonchev–Trinajstić information content (AvgIpc) is 2.37. The summed E-state index contributed by atoms with van der Waals surface area (Å²) in [7, 11) is 0. The van der Waals surface area contributed by atoms with Crippen LogP contribution in [0.1, 0.15) is 18.1 Å². The molecule has 0 unspecified atom stereocenters. The Morgan fingerprint density at radius 1 is 1.40 bits per heavy atom. The molecular formula is C14H15F3O3. The van der Waals surface area contributed by atoms with Crippen LogP contribution in [0.4, 0.5) is 13.2 Å². The fraction of sp³-hybridized carbons (Fsp3) is 0.357. The minimum absolute atomic E-state index is 0.00720. The lowest BCUT2D eigenvalue weighted by Crippen LogP contribution is -2.15. The number of carbonyl (C=O) groups excluding carboxylic acids is 1. The van der Waals surface area contributed by atoms with Crippen LogP contribution in [0.3, 0.4) is 0 Å². The van der Waals surface area contributed by atoms with Crippen molar-refractivity contribution in [3.8, 4) is 5.75 Å². The molecule has 0 bridgehead atoms. The van der Waals surface area contributed by atoms with E-state index in [0.717, 1.165) is 12.1 Å². The highest BCUT2D eigenvalue weighted by molar-refractivity contribution is 5.71. The summed E-state index contributed by atoms with van der Waals surface area (Å²) in [4.78, 5) is 11.2. The van der Waals surface area contributed by atoms with E-state index in [1.54, 1.807) is 13.0 Å². The van der Waals surface area contributed by atoms with Crippen LogP contribution in [0.5, 0.6) is 5.75 Å². The smallest absolute Gasteiger partial charge is 0.416 e. The van der Waals surface area contributed by atoms with Crippen LogP contribution in [0, 0.1) is 0 Å². The van der Waals surface area contributed by atoms with Gasteiger partial charge >= 0.3 is 12.1 Å². The molecule has 1 aromatic carbocycles. The monoisotopic (exact) mass is 288 g/mol. The van der Waals surface area contributed by atoms with E-state index < -0.39 is 24.3 Å². The van der Waals surface area contributed by atoms with Gasteiger partial charge in [0.25, 0.3) is 0 Å². The van der Waals surface area contributed by atoms with Crippen molar-refractivity contribution in [1.82, 2.24) is 0 Å². The lowest BCUT2D eigenvalue weighted by Gasteiger charge is -2.13. The minimum Gasteiger partial charge on any atom is -0.482 e. The zero-order chi connectivity index (χ0) is 15.2. The maximum atomic E-state index is 12.6. The third kappa shape index (κ3) is 4.60. The predicted molar refractivity (Wildman–Crippen MR) is 67.5 cm³/mol. The molecule has 0 fully saturated rings. The first-order valence-electron chi connectivity index (χ1n) is 5.98. The SMILES string of the molecule is C=CCc1ccc(C(F)(F)F)cc1OCC(=O)OCC. The summed E-state index contributed by atoms with van der Waals surface area (Å²) in [5, 5.41) is 0. The summed E-state index contributed by atoms with van der Waals surface area (Å²) in [6, 6.07) is 3.15. The highest BCUT2D eigenvalue weighted by Crippen LogP contribution is 2.33. The van der Waals surface area contributed by atoms with Crippen molar-refractivity contribution in [2.75, 3.05) is 13.2 Å². The second kappa shape index (κ2) is 6.98. The van der Waals surface area contributed by atoms with Gasteiger partial charge in [0.05, 0.1) is 12.2 Å². The predicted octanol–water partition coefficient (Wildman–Crippen LogP) is 3.38. The van der Waals surface area contributed by atoms with Crippen molar-refractivity contribution in [1.29, 1.82) is 0 Å². The molecule has 0 atom stereocenters. The van der Waals surface area contributed by atoms with Gasteiger partial charge in [-0.1, -0.05) is 12.1 Å². The van der Waals surface area contributed by atoms with Crippen molar-refractivity contribution in [3.05, 3.63) is 42.0 Å². The summed E-state index contributed by atoms with van der Waals surface area (Å²) in [5.74, 6) is -0.623. The molecule has 0 aromatic heterocycles. The van der Waals surface area contributed by atoms with Crippen LogP contribution in [0.25, 0.3) is 0 Å². The highest BCUT2D eigenvalue weighted by atomic mass is 19.4. The molecule has 0 aliphatic rings. The van der Waals surface area contributed by atoms with E-state index in [4.69, 9.17) is 4.74 Å². The Balaban J connectivity index is 2.94. The maximum Gasteiger partial charge on any atom is 0.416 e. The second-order valence-corrected chi connectivity index (χ2v) is 3.91. The number of alkyl halides is 3. The number of rotatable bonds is 6. The lowest BCUT2D eigenvalue weighted by atomic mass is 10.1. The van der Waals surface area contributed by atoms with E-state index in [2.05, 4.69) is 11.3 Å². The number of esters is 1. The van der Waals surface area contributed by atoms with Crippen LogP contribution in [0.2, 0.25) is 0 Å². The van der Waals surface area contributed by atoms with Gasteiger partial charge < -0.3 is 9.47 Å². The van der Waals surface area contributed by atoms with Gasteiger partial charge in [0, 0.05) is 0 Å². The van der Waals surface area contributed by atoms with Gasteiger partial charge in [0.1, 0.15) is 5.75 Å². The van der Waals surface area contributed by atoms with Gasteiger partial charge in [-0.05, 0) is 31.0 Å². The Morgan fingerprint density at radius 2 is 2.10 bits per heavy atom. The van der Waals surface area contributed by atoms with Crippen molar-refractivity contribution >= 4 is 5.97 Å². The van der Waals surface area contributed by atoms with Crippen LogP contribution in [0.15, 0.2) is 30.9 Å². The highest BCUT2D eigenvalue weighted by Gasteiger charge is 2.31. The normalized spacial score (nSPS) is 11.0. The maximum absolute atomic E-state index is 12.6. The van der Waals surface area contributed by atoms with Crippen LogP contribution < -0.4 is 4.74 Å². The van der Waals surface area contributed by atoms with E-state index in [9.17, 15) is 18.0 Å². The number of allylic oxidation sites excluding steroid dienone is 1. The zero-order valence-corrected chi connectivity index (χ0v) is 11.0. The molecule has 1 aromatic rings. The Labute approximate surface area is 115 Å². The van der Waals surface area contributed by atoms with Crippen molar-refractivity contribution in [2.45, 2.75) is 19.5 Å². The number of benzene rings is 1. The first-order chi connectivity index (χ1) is 9.38. The summed E-state index contributed by atoms with van der Waals surface area (Å²) in [6.07, 6.45) is -2.58. The molecule has 0 heterocycles. The first kappa shape index (κ1) is 16.1. The number of halogens is 3. The largest absolute Gasteiger partial charge is 0.482 e. The summed E-state index contributed by atoms with van der Waals surface area (Å²) < 4.78 is 47.7. The lowest BCUT2D eigenvalue weighted by molar-refractivity contribution is -0.145. The van der Waals surface area contributed by atoms with Gasteiger partial charge in [-0.25, -0.2) is 4.79 Å². The Hall–Kier alpha value is -1.98. The fourth-order valence-corrected chi connectivity index (χ4v) is 1.53. The molecule has 0 saturated carbocycles. The molecule has 0 saturated heterocycles. The van der Waals surface area contributed by atoms with E-state index in [-0.39, 0.29) is 12.4 Å². The van der Waals surface area contributed by atoms with Crippen molar-refractivity contribution in [2.24, 2.45) is 0 Å². The molecule has 0 aliphatic heterocycles. The molecular weight excluding hydrogens is 273 g/mol. The second-order valence-electron chi connectivity index (χ2n) is 3.91. The third-order valence-electron chi connectivity index (χ3n) is 2.41. The van der Waals surface area contributed by atoms with E-state index in [1.807, 2.05) is 0 Å². The number of carbonyl (C=O) groups is 1. The van der Waals surface area contributed by atoms with Gasteiger partial charge in [-0.2, -0.15) is 13.2 Å². The minimum atomic E-state index is -4.46. The van der Waals surface area contributed by atoms with Gasteiger partial charge in [0.2, 0.25) is 0 Å². The summed E-state index contributed by atoms with van der Waals surface area (Å²) >= 11 is 0. The van der Waals surface area contributed by atoms with Gasteiger partial charge in [0.15, 0.2) is 6.61 Å². The topological polar surface area (TPSA) is 35.5 Å². The van der Waals surface area contributed by atoms with Crippen LogP contribution in [-0.2, 0) is 22.1 Å². The average molecular weight is 288 g/mol. The first-order valence-corrected chi connectivity index (χ1v) is 5.98. The van der Waals surface area contributed by atoms with E-state index in [0.29, 0.717) is 12.0 Å². The molecule has 0 radical (unpaired) electrons. The summed E-state index contributed by atoms with van der Waals surface area (Å²) in [6.45, 7) is 4.91. The molecule has 0 aliphatic carbocycles. The van der Waals surface area contributed by atoms with Gasteiger partial charge in [-0.15, -0.1) is 6.58 Å². The standard InChI is InChI=1S/C14H15F3O3/c1-3-5-10-6-7-11(14(15,16)17)8-12(10)20-9-13(18)19-4-2/h3,6-8H,1,4-5,9H2,2H3. The Morgan fingerprint density at radius 3 is 2.65 bits per heavy atom. The van der Waals surface area contributed by atoms with Gasteiger partial charge in [-0.3, -0.25) is 0 Å². The van der Waals surface area contributed by atoms with Crippen LogP contribution in [-0.4, -0.2) is 19.2 Å². The Kier molecular flexibility index (Phi) is 5.61. The number of ether oxygens (including phenoxy) is 2. The van der Waals surface area contributed by atoms with Crippen LogP contribution >= 0.6 is 0 Å².